The molecule has 0 amide bonds. The Bertz CT molecular complexity index is 2860. The third-order valence-corrected chi connectivity index (χ3v) is 11.7. The molecule has 0 aliphatic heterocycles. The lowest BCUT2D eigenvalue weighted by Crippen LogP contribution is -2.26. The van der Waals surface area contributed by atoms with Crippen molar-refractivity contribution in [3.63, 3.8) is 0 Å². The zero-order valence-electron chi connectivity index (χ0n) is 29.9. The molecule has 0 saturated heterocycles. The smallest absolute Gasteiger partial charge is 0.0732 e. The van der Waals surface area contributed by atoms with Gasteiger partial charge in [0.1, 0.15) is 0 Å². The van der Waals surface area contributed by atoms with Gasteiger partial charge < -0.3 is 10.2 Å². The van der Waals surface area contributed by atoms with Crippen LogP contribution in [0, 0.1) is 6.92 Å². The molecule has 2 aliphatic carbocycles. The van der Waals surface area contributed by atoms with Crippen molar-refractivity contribution in [1.29, 1.82) is 0 Å². The maximum atomic E-state index is 3.65. The molecule has 9 aromatic rings. The highest BCUT2D eigenvalue weighted by Crippen LogP contribution is 2.66. The standard InChI is InChI=1S/C52H36N2/c1-34-24-28-39(29-25-34)54(38-16-6-3-7-17-38)49-33-48-50(44-21-9-8-20-43(44)49)45-30-26-35-32-37(53-36-14-4-2-5-15-36)27-31-40(35)51(45)52(48)46-22-12-10-18-41(46)42-19-11-13-23-47(42)52/h2-33,53H,1H3. The summed E-state index contributed by atoms with van der Waals surface area (Å²) in [6.07, 6.45) is 0. The van der Waals surface area contributed by atoms with Gasteiger partial charge in [-0.3, -0.25) is 0 Å². The number of para-hydroxylation sites is 2. The number of rotatable bonds is 5. The summed E-state index contributed by atoms with van der Waals surface area (Å²) in [6, 6.07) is 71.6. The van der Waals surface area contributed by atoms with E-state index in [1.165, 1.54) is 77.3 Å². The molecule has 1 N–H and O–H groups in total. The maximum Gasteiger partial charge on any atom is 0.0732 e. The second kappa shape index (κ2) is 11.8. The number of nitrogens with one attached hydrogen (secondary N) is 1. The third-order valence-electron chi connectivity index (χ3n) is 11.7. The molecule has 1 spiro atoms. The predicted molar refractivity (Wildman–Crippen MR) is 227 cm³/mol. The topological polar surface area (TPSA) is 15.3 Å². The maximum absolute atomic E-state index is 3.65. The first kappa shape index (κ1) is 30.7. The molecule has 254 valence electrons. The van der Waals surface area contributed by atoms with Gasteiger partial charge in [0.05, 0.1) is 11.1 Å². The van der Waals surface area contributed by atoms with Crippen molar-refractivity contribution in [1.82, 2.24) is 0 Å². The summed E-state index contributed by atoms with van der Waals surface area (Å²) in [5.41, 5.74) is 16.9. The van der Waals surface area contributed by atoms with Gasteiger partial charge in [0.2, 0.25) is 0 Å². The molecule has 11 rings (SSSR count). The molecule has 0 saturated carbocycles. The minimum absolute atomic E-state index is 0.528. The van der Waals surface area contributed by atoms with Gasteiger partial charge in [-0.1, -0.05) is 145 Å². The van der Waals surface area contributed by atoms with Gasteiger partial charge in [0.15, 0.2) is 0 Å². The van der Waals surface area contributed by atoms with E-state index in [4.69, 9.17) is 0 Å². The van der Waals surface area contributed by atoms with Gasteiger partial charge >= 0.3 is 0 Å². The van der Waals surface area contributed by atoms with E-state index in [9.17, 15) is 0 Å². The summed E-state index contributed by atoms with van der Waals surface area (Å²) in [5.74, 6) is 0. The first-order valence-electron chi connectivity index (χ1n) is 18.8. The number of nitrogens with zero attached hydrogens (tertiary/aromatic N) is 1. The Hall–Kier alpha value is -6.90. The van der Waals surface area contributed by atoms with Crippen LogP contribution in [0.4, 0.5) is 28.4 Å². The van der Waals surface area contributed by atoms with Crippen molar-refractivity contribution in [3.8, 4) is 22.3 Å². The Morgan fingerprint density at radius 1 is 0.426 bits per heavy atom. The van der Waals surface area contributed by atoms with Crippen molar-refractivity contribution in [2.24, 2.45) is 0 Å². The number of benzene rings is 9. The van der Waals surface area contributed by atoms with Gasteiger partial charge in [-0.25, -0.2) is 0 Å². The summed E-state index contributed by atoms with van der Waals surface area (Å²) in [5, 5.41) is 8.63. The normalized spacial score (nSPS) is 13.1. The molecule has 2 nitrogen and oxygen atoms in total. The molecule has 0 heterocycles. The molecular formula is C52H36N2. The van der Waals surface area contributed by atoms with E-state index in [2.05, 4.69) is 211 Å². The summed E-state index contributed by atoms with van der Waals surface area (Å²) >= 11 is 0. The fraction of sp³-hybridized carbons (Fsp3) is 0.0385. The van der Waals surface area contributed by atoms with Crippen molar-refractivity contribution >= 4 is 50.0 Å². The molecule has 54 heavy (non-hydrogen) atoms. The van der Waals surface area contributed by atoms with E-state index in [0.717, 1.165) is 22.7 Å². The summed E-state index contributed by atoms with van der Waals surface area (Å²) in [6.45, 7) is 2.16. The van der Waals surface area contributed by atoms with Crippen LogP contribution < -0.4 is 10.2 Å². The molecular weight excluding hydrogens is 653 g/mol. The lowest BCUT2D eigenvalue weighted by Gasteiger charge is -2.33. The Labute approximate surface area is 315 Å². The second-order valence-electron chi connectivity index (χ2n) is 14.6. The van der Waals surface area contributed by atoms with E-state index in [-0.39, 0.29) is 0 Å². The monoisotopic (exact) mass is 688 g/mol. The second-order valence-corrected chi connectivity index (χ2v) is 14.6. The van der Waals surface area contributed by atoms with Gasteiger partial charge in [-0.15, -0.1) is 0 Å². The van der Waals surface area contributed by atoms with Crippen molar-refractivity contribution in [2.75, 3.05) is 10.2 Å². The summed E-state index contributed by atoms with van der Waals surface area (Å²) in [4.78, 5) is 2.45. The quantitative estimate of drug-likeness (QED) is 0.194. The number of aryl methyl sites for hydroxylation is 1. The fourth-order valence-corrected chi connectivity index (χ4v) is 9.46. The molecule has 2 heteroatoms. The number of fused-ring (bicyclic) bond motifs is 14. The lowest BCUT2D eigenvalue weighted by molar-refractivity contribution is 0.802. The van der Waals surface area contributed by atoms with Crippen molar-refractivity contribution in [2.45, 2.75) is 12.3 Å². The highest BCUT2D eigenvalue weighted by Gasteiger charge is 2.53. The fourth-order valence-electron chi connectivity index (χ4n) is 9.46. The third kappa shape index (κ3) is 4.34. The van der Waals surface area contributed by atoms with Crippen LogP contribution in [0.15, 0.2) is 194 Å². The SMILES string of the molecule is Cc1ccc(N(c2ccccc2)c2cc3c(c4ccccc24)-c2ccc4cc(Nc5ccccc5)ccc4c2C32c3ccccc3-c3ccccc32)cc1. The summed E-state index contributed by atoms with van der Waals surface area (Å²) in [7, 11) is 0. The number of anilines is 5. The Kier molecular flexibility index (Phi) is 6.72. The predicted octanol–water partition coefficient (Wildman–Crippen LogP) is 13.9. The largest absolute Gasteiger partial charge is 0.356 e. The van der Waals surface area contributed by atoms with Crippen LogP contribution in [0.2, 0.25) is 0 Å². The van der Waals surface area contributed by atoms with Gasteiger partial charge in [-0.05, 0) is 122 Å². The molecule has 0 radical (unpaired) electrons. The van der Waals surface area contributed by atoms with Crippen LogP contribution in [0.3, 0.4) is 0 Å². The van der Waals surface area contributed by atoms with E-state index in [0.29, 0.717) is 0 Å². The highest BCUT2D eigenvalue weighted by atomic mass is 15.1. The van der Waals surface area contributed by atoms with Gasteiger partial charge in [0, 0.05) is 28.1 Å². The van der Waals surface area contributed by atoms with Gasteiger partial charge in [-0.2, -0.15) is 0 Å². The minimum Gasteiger partial charge on any atom is -0.356 e. The van der Waals surface area contributed by atoms with Crippen LogP contribution in [0.1, 0.15) is 27.8 Å². The zero-order valence-corrected chi connectivity index (χ0v) is 29.9. The molecule has 9 aromatic carbocycles. The average molecular weight is 689 g/mol. The molecule has 0 aromatic heterocycles. The van der Waals surface area contributed by atoms with E-state index in [1.54, 1.807) is 0 Å². The summed E-state index contributed by atoms with van der Waals surface area (Å²) < 4.78 is 0. The molecule has 0 bridgehead atoms. The lowest BCUT2D eigenvalue weighted by atomic mass is 9.69. The van der Waals surface area contributed by atoms with Crippen LogP contribution in [0.25, 0.3) is 43.8 Å². The number of hydrogen-bond acceptors (Lipinski definition) is 2. The molecule has 0 unspecified atom stereocenters. The van der Waals surface area contributed by atoms with Crippen molar-refractivity contribution in [3.05, 3.63) is 222 Å². The highest BCUT2D eigenvalue weighted by molar-refractivity contribution is 6.15. The first-order chi connectivity index (χ1) is 26.7. The minimum atomic E-state index is -0.528. The van der Waals surface area contributed by atoms with E-state index >= 15 is 0 Å². The molecule has 2 aliphatic rings. The van der Waals surface area contributed by atoms with Gasteiger partial charge in [0.25, 0.3) is 0 Å². The first-order valence-corrected chi connectivity index (χ1v) is 18.8. The van der Waals surface area contributed by atoms with Crippen LogP contribution >= 0.6 is 0 Å². The molecule has 0 fully saturated rings. The average Bonchev–Trinajstić information content (AvgIpc) is 3.70. The molecule has 0 atom stereocenters. The van der Waals surface area contributed by atoms with Crippen LogP contribution in [0.5, 0.6) is 0 Å². The Morgan fingerprint density at radius 3 is 1.76 bits per heavy atom. The van der Waals surface area contributed by atoms with E-state index in [1.807, 2.05) is 0 Å². The van der Waals surface area contributed by atoms with Crippen LogP contribution in [-0.4, -0.2) is 0 Å². The number of hydrogen-bond donors (Lipinski definition) is 1. The Balaban J connectivity index is 1.26. The van der Waals surface area contributed by atoms with Crippen LogP contribution in [-0.2, 0) is 5.41 Å². The Morgan fingerprint density at radius 2 is 1.04 bits per heavy atom. The van der Waals surface area contributed by atoms with Crippen molar-refractivity contribution < 1.29 is 0 Å². The zero-order chi connectivity index (χ0) is 35.8. The van der Waals surface area contributed by atoms with E-state index < -0.39 is 5.41 Å².